The Kier molecular flexibility index (Phi) is 4.99. The standard InChI is InChI=1S/C13H22N2O3/c1-2-12(15-7-9-17-10-8-15)14-13(16)18-11-5-3-4-6-11/h11H,2-10H2,1H3/b14-12-. The van der Waals surface area contributed by atoms with E-state index in [9.17, 15) is 4.79 Å². The molecule has 0 aromatic carbocycles. The number of nitrogens with zero attached hydrogens (tertiary/aromatic N) is 2. The summed E-state index contributed by atoms with van der Waals surface area (Å²) in [7, 11) is 0. The SMILES string of the molecule is CC/C(=N/C(=O)OC1CCCC1)N1CCOCC1. The molecule has 0 unspecified atom stereocenters. The van der Waals surface area contributed by atoms with Gasteiger partial charge >= 0.3 is 6.09 Å². The summed E-state index contributed by atoms with van der Waals surface area (Å²) < 4.78 is 10.6. The highest BCUT2D eigenvalue weighted by atomic mass is 16.6. The van der Waals surface area contributed by atoms with Gasteiger partial charge in [-0.2, -0.15) is 4.99 Å². The molecule has 0 spiro atoms. The van der Waals surface area contributed by atoms with Crippen molar-refractivity contribution in [2.45, 2.75) is 45.1 Å². The zero-order valence-electron chi connectivity index (χ0n) is 11.1. The first kappa shape index (κ1) is 13.3. The van der Waals surface area contributed by atoms with Crippen LogP contribution in [0.4, 0.5) is 4.79 Å². The van der Waals surface area contributed by atoms with E-state index in [0.717, 1.165) is 51.0 Å². The second kappa shape index (κ2) is 6.73. The van der Waals surface area contributed by atoms with Crippen molar-refractivity contribution in [2.24, 2.45) is 4.99 Å². The van der Waals surface area contributed by atoms with Crippen LogP contribution in [0, 0.1) is 0 Å². The van der Waals surface area contributed by atoms with E-state index in [0.29, 0.717) is 13.2 Å². The van der Waals surface area contributed by atoms with Crippen LogP contribution in [0.25, 0.3) is 0 Å². The summed E-state index contributed by atoms with van der Waals surface area (Å²) in [5, 5.41) is 0. The molecule has 0 N–H and O–H groups in total. The molecule has 0 aromatic heterocycles. The molecule has 5 nitrogen and oxygen atoms in total. The average Bonchev–Trinajstić information content (AvgIpc) is 2.90. The van der Waals surface area contributed by atoms with Gasteiger partial charge in [0.2, 0.25) is 0 Å². The van der Waals surface area contributed by atoms with Crippen LogP contribution < -0.4 is 0 Å². The number of aliphatic imine (C=N–C) groups is 1. The second-order valence-electron chi connectivity index (χ2n) is 4.77. The van der Waals surface area contributed by atoms with Gasteiger partial charge in [-0.1, -0.05) is 6.92 Å². The molecule has 0 bridgehead atoms. The van der Waals surface area contributed by atoms with Crippen LogP contribution in [0.5, 0.6) is 0 Å². The van der Waals surface area contributed by atoms with Crippen molar-refractivity contribution in [2.75, 3.05) is 26.3 Å². The van der Waals surface area contributed by atoms with E-state index in [-0.39, 0.29) is 6.10 Å². The highest BCUT2D eigenvalue weighted by Gasteiger charge is 2.20. The minimum absolute atomic E-state index is 0.0871. The van der Waals surface area contributed by atoms with Gasteiger partial charge in [0.05, 0.1) is 13.2 Å². The summed E-state index contributed by atoms with van der Waals surface area (Å²) in [4.78, 5) is 18.0. The van der Waals surface area contributed by atoms with E-state index < -0.39 is 6.09 Å². The molecule has 1 saturated carbocycles. The van der Waals surface area contributed by atoms with Gasteiger partial charge in [0.15, 0.2) is 0 Å². The molecule has 2 fully saturated rings. The van der Waals surface area contributed by atoms with Gasteiger partial charge in [0.1, 0.15) is 11.9 Å². The van der Waals surface area contributed by atoms with Gasteiger partial charge in [0, 0.05) is 19.5 Å². The molecule has 5 heteroatoms. The topological polar surface area (TPSA) is 51.1 Å². The predicted molar refractivity (Wildman–Crippen MR) is 68.9 cm³/mol. The number of amides is 1. The second-order valence-corrected chi connectivity index (χ2v) is 4.77. The molecule has 1 aliphatic heterocycles. The van der Waals surface area contributed by atoms with Crippen molar-refractivity contribution in [3.05, 3.63) is 0 Å². The molecule has 1 amide bonds. The molecular weight excluding hydrogens is 232 g/mol. The number of morpholine rings is 1. The van der Waals surface area contributed by atoms with Crippen molar-refractivity contribution >= 4 is 11.9 Å². The summed E-state index contributed by atoms with van der Waals surface area (Å²) in [6.07, 6.45) is 4.70. The van der Waals surface area contributed by atoms with E-state index in [4.69, 9.17) is 9.47 Å². The van der Waals surface area contributed by atoms with E-state index in [1.165, 1.54) is 0 Å². The molecule has 0 radical (unpaired) electrons. The van der Waals surface area contributed by atoms with Crippen LogP contribution in [0.3, 0.4) is 0 Å². The van der Waals surface area contributed by atoms with Gasteiger partial charge in [-0.25, -0.2) is 4.79 Å². The van der Waals surface area contributed by atoms with Crippen molar-refractivity contribution < 1.29 is 14.3 Å². The van der Waals surface area contributed by atoms with Gasteiger partial charge in [-0.15, -0.1) is 0 Å². The van der Waals surface area contributed by atoms with E-state index in [2.05, 4.69) is 9.89 Å². The summed E-state index contributed by atoms with van der Waals surface area (Å²) in [6.45, 7) is 5.04. The number of carbonyl (C=O) groups excluding carboxylic acids is 1. The first-order valence-electron chi connectivity index (χ1n) is 6.90. The lowest BCUT2D eigenvalue weighted by atomic mass is 10.3. The number of carbonyl (C=O) groups is 1. The average molecular weight is 254 g/mol. The van der Waals surface area contributed by atoms with Gasteiger partial charge in [-0.3, -0.25) is 0 Å². The molecule has 2 aliphatic rings. The third kappa shape index (κ3) is 3.70. The molecular formula is C13H22N2O3. The maximum absolute atomic E-state index is 11.7. The zero-order valence-corrected chi connectivity index (χ0v) is 11.1. The third-order valence-corrected chi connectivity index (χ3v) is 3.48. The van der Waals surface area contributed by atoms with Crippen LogP contribution >= 0.6 is 0 Å². The van der Waals surface area contributed by atoms with Crippen LogP contribution in [0.2, 0.25) is 0 Å². The van der Waals surface area contributed by atoms with Crippen LogP contribution in [0.15, 0.2) is 4.99 Å². The first-order chi connectivity index (χ1) is 8.79. The summed E-state index contributed by atoms with van der Waals surface area (Å²) in [6, 6.07) is 0. The van der Waals surface area contributed by atoms with E-state index in [1.54, 1.807) is 0 Å². The fourth-order valence-electron chi connectivity index (χ4n) is 2.48. The summed E-state index contributed by atoms with van der Waals surface area (Å²) >= 11 is 0. The lowest BCUT2D eigenvalue weighted by Crippen LogP contribution is -2.41. The van der Waals surface area contributed by atoms with Crippen LogP contribution in [-0.2, 0) is 9.47 Å². The molecule has 1 heterocycles. The molecule has 1 saturated heterocycles. The van der Waals surface area contributed by atoms with Gasteiger partial charge in [0.25, 0.3) is 0 Å². The smallest absolute Gasteiger partial charge is 0.435 e. The Hall–Kier alpha value is -1.10. The van der Waals surface area contributed by atoms with Crippen molar-refractivity contribution in [3.8, 4) is 0 Å². The summed E-state index contributed by atoms with van der Waals surface area (Å²) in [5.74, 6) is 0.821. The van der Waals surface area contributed by atoms with E-state index >= 15 is 0 Å². The molecule has 2 rings (SSSR count). The first-order valence-corrected chi connectivity index (χ1v) is 6.90. The minimum atomic E-state index is -0.426. The Bertz CT molecular complexity index is 305. The Morgan fingerprint density at radius 3 is 2.61 bits per heavy atom. The third-order valence-electron chi connectivity index (χ3n) is 3.48. The number of amidine groups is 1. The highest BCUT2D eigenvalue weighted by molar-refractivity contribution is 5.91. The van der Waals surface area contributed by atoms with Crippen molar-refractivity contribution in [1.82, 2.24) is 4.90 Å². The number of ether oxygens (including phenoxy) is 2. The summed E-state index contributed by atoms with van der Waals surface area (Å²) in [5.41, 5.74) is 0. The molecule has 18 heavy (non-hydrogen) atoms. The normalized spacial score (nSPS) is 22.3. The van der Waals surface area contributed by atoms with Crippen molar-refractivity contribution in [1.29, 1.82) is 0 Å². The Labute approximate surface area is 108 Å². The minimum Gasteiger partial charge on any atom is -0.445 e. The maximum atomic E-state index is 11.7. The fraction of sp³-hybridized carbons (Fsp3) is 0.846. The largest absolute Gasteiger partial charge is 0.445 e. The Morgan fingerprint density at radius 1 is 1.33 bits per heavy atom. The monoisotopic (exact) mass is 254 g/mol. The molecule has 0 atom stereocenters. The number of hydrogen-bond acceptors (Lipinski definition) is 3. The number of rotatable bonds is 2. The van der Waals surface area contributed by atoms with Crippen molar-refractivity contribution in [3.63, 3.8) is 0 Å². The van der Waals surface area contributed by atoms with Crippen LogP contribution in [-0.4, -0.2) is 49.2 Å². The molecule has 102 valence electrons. The fourth-order valence-corrected chi connectivity index (χ4v) is 2.48. The lowest BCUT2D eigenvalue weighted by molar-refractivity contribution is 0.0666. The predicted octanol–water partition coefficient (Wildman–Crippen LogP) is 2.21. The zero-order chi connectivity index (χ0) is 12.8. The Morgan fingerprint density at radius 2 is 2.00 bits per heavy atom. The quantitative estimate of drug-likeness (QED) is 0.560. The molecule has 0 aromatic rings. The Balaban J connectivity index is 1.88. The highest BCUT2D eigenvalue weighted by Crippen LogP contribution is 2.21. The van der Waals surface area contributed by atoms with Crippen LogP contribution in [0.1, 0.15) is 39.0 Å². The lowest BCUT2D eigenvalue weighted by Gasteiger charge is -2.29. The maximum Gasteiger partial charge on any atom is 0.435 e. The number of hydrogen-bond donors (Lipinski definition) is 0. The van der Waals surface area contributed by atoms with Gasteiger partial charge < -0.3 is 14.4 Å². The molecule has 1 aliphatic carbocycles. The van der Waals surface area contributed by atoms with E-state index in [1.807, 2.05) is 6.92 Å². The van der Waals surface area contributed by atoms with Gasteiger partial charge in [-0.05, 0) is 25.7 Å².